The number of amides is 2. The number of nitrogens with one attached hydrogen (secondary N) is 1. The molecule has 192 valence electrons. The second-order valence-electron chi connectivity index (χ2n) is 8.81. The summed E-state index contributed by atoms with van der Waals surface area (Å²) in [6.45, 7) is 3.61. The Morgan fingerprint density at radius 3 is 2.43 bits per heavy atom. The van der Waals surface area contributed by atoms with Gasteiger partial charge < -0.3 is 15.0 Å². The van der Waals surface area contributed by atoms with Gasteiger partial charge >= 0.3 is 0 Å². The Hall–Kier alpha value is -4.28. The van der Waals surface area contributed by atoms with Gasteiger partial charge in [-0.2, -0.15) is 0 Å². The van der Waals surface area contributed by atoms with Crippen LogP contribution in [-0.4, -0.2) is 35.0 Å². The van der Waals surface area contributed by atoms with Crippen molar-refractivity contribution < 1.29 is 27.5 Å². The first-order valence-corrected chi connectivity index (χ1v) is 11.6. The van der Waals surface area contributed by atoms with Crippen LogP contribution in [0.5, 0.6) is 5.75 Å². The van der Waals surface area contributed by atoms with E-state index in [2.05, 4.69) is 5.32 Å². The second-order valence-corrected chi connectivity index (χ2v) is 8.81. The van der Waals surface area contributed by atoms with Crippen LogP contribution in [0.3, 0.4) is 0 Å². The molecule has 2 aliphatic heterocycles. The largest absolute Gasteiger partial charge is 0.491 e. The maximum atomic E-state index is 14.1. The van der Waals surface area contributed by atoms with Crippen molar-refractivity contribution in [3.05, 3.63) is 98.2 Å². The number of rotatable bonds is 5. The molecule has 0 unspecified atom stereocenters. The van der Waals surface area contributed by atoms with Gasteiger partial charge in [-0.25, -0.2) is 13.2 Å². The molecule has 3 aromatic rings. The maximum absolute atomic E-state index is 14.1. The van der Waals surface area contributed by atoms with E-state index >= 15 is 0 Å². The number of carbonyl (C=O) groups is 2. The normalized spacial score (nSPS) is 17.8. The van der Waals surface area contributed by atoms with E-state index in [0.29, 0.717) is 18.2 Å². The summed E-state index contributed by atoms with van der Waals surface area (Å²) in [7, 11) is 1.22. The molecular weight excluding hydrogens is 489 g/mol. The van der Waals surface area contributed by atoms with Gasteiger partial charge in [0.2, 0.25) is 5.43 Å². The van der Waals surface area contributed by atoms with Gasteiger partial charge in [-0.15, -0.1) is 0 Å². The van der Waals surface area contributed by atoms with E-state index in [1.54, 1.807) is 22.9 Å². The van der Waals surface area contributed by atoms with Gasteiger partial charge in [0.15, 0.2) is 11.4 Å². The summed E-state index contributed by atoms with van der Waals surface area (Å²) in [6.07, 6.45) is 0.639. The lowest BCUT2D eigenvalue weighted by molar-refractivity contribution is 0.0579. The van der Waals surface area contributed by atoms with Crippen molar-refractivity contribution in [3.8, 4) is 5.75 Å². The molecule has 2 aromatic carbocycles. The standard InChI is InChI=1S/C26H23F3N4O4/c1-4-31-25-17-8-7-15(27)9-18(17)13(2)33(25)32-12-19(22(34)23(37-3)21(32)26(31)36)24(35)30-11-14-5-6-16(28)10-20(14)29/h5-10,12-13,25H,4,11H2,1-3H3,(H,30,35)/t13-,25+/m1/s1. The fourth-order valence-corrected chi connectivity index (χ4v) is 5.06. The highest BCUT2D eigenvalue weighted by Crippen LogP contribution is 2.46. The van der Waals surface area contributed by atoms with Gasteiger partial charge in [0.05, 0.1) is 13.2 Å². The van der Waals surface area contributed by atoms with Crippen LogP contribution >= 0.6 is 0 Å². The zero-order valence-electron chi connectivity index (χ0n) is 20.2. The summed E-state index contributed by atoms with van der Waals surface area (Å²) in [6, 6.07) is 6.87. The number of aromatic nitrogens is 1. The summed E-state index contributed by atoms with van der Waals surface area (Å²) < 4.78 is 48.1. The minimum absolute atomic E-state index is 0.0271. The van der Waals surface area contributed by atoms with Crippen LogP contribution in [0.2, 0.25) is 0 Å². The van der Waals surface area contributed by atoms with Gasteiger partial charge in [-0.1, -0.05) is 12.1 Å². The molecule has 11 heteroatoms. The molecule has 37 heavy (non-hydrogen) atoms. The third-order valence-electron chi connectivity index (χ3n) is 6.82. The molecule has 0 radical (unpaired) electrons. The molecule has 0 fully saturated rings. The fourth-order valence-electron chi connectivity index (χ4n) is 5.06. The molecule has 8 nitrogen and oxygen atoms in total. The highest BCUT2D eigenvalue weighted by molar-refractivity contribution is 6.00. The molecule has 1 N–H and O–H groups in total. The molecule has 5 rings (SSSR count). The smallest absolute Gasteiger partial charge is 0.278 e. The molecule has 0 aliphatic carbocycles. The van der Waals surface area contributed by atoms with Gasteiger partial charge in [0.25, 0.3) is 11.8 Å². The lowest BCUT2D eigenvalue weighted by atomic mass is 10.0. The summed E-state index contributed by atoms with van der Waals surface area (Å²) in [5.41, 5.74) is 0.203. The average Bonchev–Trinajstić information content (AvgIpc) is 3.15. The number of methoxy groups -OCH3 is 1. The summed E-state index contributed by atoms with van der Waals surface area (Å²) >= 11 is 0. The van der Waals surface area contributed by atoms with Crippen LogP contribution in [0, 0.1) is 17.5 Å². The Morgan fingerprint density at radius 2 is 1.76 bits per heavy atom. The summed E-state index contributed by atoms with van der Waals surface area (Å²) in [5.74, 6) is -3.67. The van der Waals surface area contributed by atoms with E-state index in [1.165, 1.54) is 36.2 Å². The van der Waals surface area contributed by atoms with Crippen LogP contribution < -0.4 is 20.5 Å². The van der Waals surface area contributed by atoms with E-state index in [1.807, 2.05) is 6.92 Å². The number of carbonyl (C=O) groups excluding carboxylic acids is 2. The molecule has 1 aromatic heterocycles. The molecule has 0 saturated carbocycles. The van der Waals surface area contributed by atoms with E-state index in [4.69, 9.17) is 4.74 Å². The van der Waals surface area contributed by atoms with E-state index in [-0.39, 0.29) is 29.1 Å². The highest BCUT2D eigenvalue weighted by atomic mass is 19.1. The minimum atomic E-state index is -0.843. The number of nitrogens with zero attached hydrogens (tertiary/aromatic N) is 3. The first kappa shape index (κ1) is 24.4. The highest BCUT2D eigenvalue weighted by Gasteiger charge is 2.48. The van der Waals surface area contributed by atoms with Crippen molar-refractivity contribution in [1.82, 2.24) is 14.9 Å². The first-order valence-electron chi connectivity index (χ1n) is 11.6. The number of fused-ring (bicyclic) bond motifs is 5. The number of hydrogen-bond acceptors (Lipinski definition) is 5. The van der Waals surface area contributed by atoms with Gasteiger partial charge in [0, 0.05) is 36.5 Å². The van der Waals surface area contributed by atoms with Crippen molar-refractivity contribution in [2.24, 2.45) is 0 Å². The minimum Gasteiger partial charge on any atom is -0.491 e. The van der Waals surface area contributed by atoms with Crippen LogP contribution in [0.25, 0.3) is 0 Å². The number of halogens is 3. The van der Waals surface area contributed by atoms with Crippen molar-refractivity contribution >= 4 is 11.8 Å². The maximum Gasteiger partial charge on any atom is 0.278 e. The lowest BCUT2D eigenvalue weighted by Crippen LogP contribution is -2.54. The van der Waals surface area contributed by atoms with Crippen LogP contribution in [0.4, 0.5) is 13.2 Å². The second kappa shape index (κ2) is 8.99. The quantitative estimate of drug-likeness (QED) is 0.567. The Labute approximate surface area is 209 Å². The topological polar surface area (TPSA) is 83.9 Å². The molecule has 0 saturated heterocycles. The molecule has 2 aliphatic rings. The number of pyridine rings is 1. The average molecular weight is 512 g/mol. The fraction of sp³-hybridized carbons (Fsp3) is 0.269. The Balaban J connectivity index is 1.61. The van der Waals surface area contributed by atoms with Crippen molar-refractivity contribution in [2.75, 3.05) is 18.7 Å². The van der Waals surface area contributed by atoms with E-state index < -0.39 is 46.9 Å². The number of benzene rings is 2. The zero-order chi connectivity index (χ0) is 26.6. The van der Waals surface area contributed by atoms with Crippen LogP contribution in [0.15, 0.2) is 47.4 Å². The predicted octanol–water partition coefficient (Wildman–Crippen LogP) is 3.39. The van der Waals surface area contributed by atoms with Gasteiger partial charge in [0.1, 0.15) is 29.2 Å². The predicted molar refractivity (Wildman–Crippen MR) is 127 cm³/mol. The molecule has 0 spiro atoms. The Kier molecular flexibility index (Phi) is 5.93. The number of ether oxygens (including phenoxy) is 1. The number of hydrogen-bond donors (Lipinski definition) is 1. The SMILES string of the molecule is CCN1C(=O)c2c(OC)c(=O)c(C(=O)NCc3ccc(F)cc3F)cn2N2[C@H](C)c3cc(F)ccc3[C@@H]12. The van der Waals surface area contributed by atoms with E-state index in [0.717, 1.165) is 11.6 Å². The lowest BCUT2D eigenvalue weighted by Gasteiger charge is -2.44. The van der Waals surface area contributed by atoms with Crippen molar-refractivity contribution in [3.63, 3.8) is 0 Å². The third-order valence-corrected chi connectivity index (χ3v) is 6.82. The van der Waals surface area contributed by atoms with Crippen LogP contribution in [0.1, 0.15) is 63.6 Å². The van der Waals surface area contributed by atoms with Crippen molar-refractivity contribution in [1.29, 1.82) is 0 Å². The summed E-state index contributed by atoms with van der Waals surface area (Å²) in [4.78, 5) is 41.4. The molecule has 2 atom stereocenters. The Morgan fingerprint density at radius 1 is 1.05 bits per heavy atom. The monoisotopic (exact) mass is 512 g/mol. The molecule has 0 bridgehead atoms. The van der Waals surface area contributed by atoms with Gasteiger partial charge in [-0.05, 0) is 37.6 Å². The molecule has 3 heterocycles. The molecule has 2 amide bonds. The van der Waals surface area contributed by atoms with Crippen LogP contribution in [-0.2, 0) is 6.54 Å². The first-order chi connectivity index (χ1) is 17.7. The van der Waals surface area contributed by atoms with Gasteiger partial charge in [-0.3, -0.25) is 24.1 Å². The third kappa shape index (κ3) is 3.73. The Bertz CT molecular complexity index is 1510. The molecular formula is C26H23F3N4O4. The summed E-state index contributed by atoms with van der Waals surface area (Å²) in [5, 5.41) is 4.25. The zero-order valence-corrected chi connectivity index (χ0v) is 20.2. The van der Waals surface area contributed by atoms with E-state index in [9.17, 15) is 27.6 Å². The van der Waals surface area contributed by atoms with Crippen molar-refractivity contribution in [2.45, 2.75) is 32.6 Å².